The lowest BCUT2D eigenvalue weighted by atomic mass is 9.91. The molecule has 0 spiro atoms. The van der Waals surface area contributed by atoms with E-state index in [9.17, 15) is 45.6 Å². The molecule has 0 amide bonds. The lowest BCUT2D eigenvalue weighted by molar-refractivity contribution is -0.376. The summed E-state index contributed by atoms with van der Waals surface area (Å²) < 4.78 is 21.7. The molecule has 13 heteroatoms. The third-order valence-electron chi connectivity index (χ3n) is 7.91. The largest absolute Gasteiger partial charge is 0.463 e. The third-order valence-corrected chi connectivity index (χ3v) is 7.91. The van der Waals surface area contributed by atoms with Gasteiger partial charge in [-0.1, -0.05) is 71.6 Å². The first-order chi connectivity index (χ1) is 19.6. The van der Waals surface area contributed by atoms with Crippen molar-refractivity contribution in [3.63, 3.8) is 0 Å². The minimum Gasteiger partial charge on any atom is -0.463 e. The average molecular weight is 597 g/mol. The Balaban J connectivity index is 2.01. The molecule has 242 valence electrons. The van der Waals surface area contributed by atoms with Crippen LogP contribution in [0.15, 0.2) is 0 Å². The van der Waals surface area contributed by atoms with Crippen LogP contribution in [0.25, 0.3) is 0 Å². The molecule has 0 aromatic rings. The van der Waals surface area contributed by atoms with Crippen molar-refractivity contribution in [1.29, 1.82) is 0 Å². The molecule has 13 nitrogen and oxygen atoms in total. The Morgan fingerprint density at radius 3 is 1.73 bits per heavy atom. The lowest BCUT2D eigenvalue weighted by Crippen LogP contribution is -2.63. The molecule has 0 unspecified atom stereocenters. The second-order valence-electron chi connectivity index (χ2n) is 11.2. The van der Waals surface area contributed by atoms with Crippen molar-refractivity contribution in [3.8, 4) is 0 Å². The molecule has 0 bridgehead atoms. The summed E-state index contributed by atoms with van der Waals surface area (Å²) in [5.74, 6) is -1.43. The van der Waals surface area contributed by atoms with E-state index in [1.54, 1.807) is 0 Å². The predicted octanol–water partition coefficient (Wildman–Crippen LogP) is -0.538. The summed E-state index contributed by atoms with van der Waals surface area (Å²) in [5.41, 5.74) is 0. The van der Waals surface area contributed by atoms with Gasteiger partial charge in [0, 0.05) is 0 Å². The van der Waals surface area contributed by atoms with Gasteiger partial charge in [-0.25, -0.2) is 0 Å². The van der Waals surface area contributed by atoms with Crippen LogP contribution < -0.4 is 0 Å². The Labute approximate surface area is 242 Å². The van der Waals surface area contributed by atoms with Crippen LogP contribution in [-0.4, -0.2) is 128 Å². The number of hydrogen-bond donors (Lipinski definition) is 8. The minimum atomic E-state index is -1.81. The maximum Gasteiger partial charge on any atom is 0.311 e. The minimum absolute atomic E-state index is 0.438. The fourth-order valence-electron chi connectivity index (χ4n) is 5.17. The van der Waals surface area contributed by atoms with Crippen molar-refractivity contribution in [2.45, 2.75) is 152 Å². The average Bonchev–Trinajstić information content (AvgIpc) is 2.96. The number of ether oxygens (including phenoxy) is 4. The van der Waals surface area contributed by atoms with Crippen molar-refractivity contribution in [3.05, 3.63) is 0 Å². The molecule has 0 aromatic carbocycles. The van der Waals surface area contributed by atoms with Gasteiger partial charge in [-0.15, -0.1) is 0 Å². The number of hydrogen-bond acceptors (Lipinski definition) is 13. The van der Waals surface area contributed by atoms with Gasteiger partial charge in [-0.2, -0.15) is 0 Å². The van der Waals surface area contributed by atoms with Crippen LogP contribution in [0.1, 0.15) is 84.5 Å². The molecule has 0 radical (unpaired) electrons. The molecule has 0 saturated carbocycles. The van der Waals surface area contributed by atoms with Crippen LogP contribution >= 0.6 is 0 Å². The number of rotatable bonds is 18. The highest BCUT2D eigenvalue weighted by atomic mass is 16.8. The smallest absolute Gasteiger partial charge is 0.311 e. The van der Waals surface area contributed by atoms with Gasteiger partial charge in [0.05, 0.1) is 18.6 Å². The maximum absolute atomic E-state index is 13.1. The second kappa shape index (κ2) is 18.6. The van der Waals surface area contributed by atoms with Gasteiger partial charge in [-0.05, 0) is 12.8 Å². The van der Waals surface area contributed by atoms with Gasteiger partial charge in [0.2, 0.25) is 0 Å². The van der Waals surface area contributed by atoms with Crippen molar-refractivity contribution >= 4 is 5.97 Å². The summed E-state index contributed by atoms with van der Waals surface area (Å²) >= 11 is 0. The zero-order valence-electron chi connectivity index (χ0n) is 24.2. The van der Waals surface area contributed by atoms with Gasteiger partial charge in [0.1, 0.15) is 55.4 Å². The molecule has 0 aromatic heterocycles. The van der Waals surface area contributed by atoms with E-state index in [-0.39, 0.29) is 0 Å². The molecule has 2 heterocycles. The number of unbranched alkanes of at least 4 members (excludes halogenated alkanes) is 7. The van der Waals surface area contributed by atoms with E-state index in [1.807, 2.05) is 0 Å². The zero-order chi connectivity index (χ0) is 30.5. The van der Waals surface area contributed by atoms with Crippen LogP contribution in [0.3, 0.4) is 0 Å². The maximum atomic E-state index is 13.1. The number of carbonyl (C=O) groups is 1. The highest BCUT2D eigenvalue weighted by molar-refractivity contribution is 5.73. The Morgan fingerprint density at radius 1 is 0.683 bits per heavy atom. The fraction of sp³-hybridized carbons (Fsp3) is 0.964. The summed E-state index contributed by atoms with van der Waals surface area (Å²) in [6, 6.07) is 0. The molecular formula is C28H52O13. The summed E-state index contributed by atoms with van der Waals surface area (Å²) in [6.45, 7) is 2.97. The van der Waals surface area contributed by atoms with Gasteiger partial charge < -0.3 is 59.8 Å². The van der Waals surface area contributed by atoms with Gasteiger partial charge >= 0.3 is 5.97 Å². The van der Waals surface area contributed by atoms with E-state index in [4.69, 9.17) is 18.9 Å². The van der Waals surface area contributed by atoms with E-state index in [1.165, 1.54) is 0 Å². The number of esters is 1. The Kier molecular flexibility index (Phi) is 16.5. The Morgan fingerprint density at radius 2 is 1.17 bits per heavy atom. The quantitative estimate of drug-likeness (QED) is 0.0738. The number of carbonyl (C=O) groups excluding carboxylic acids is 1. The standard InChI is InChI=1S/C28H52O13/c1-3-5-7-9-11-13-17(30)16(12-10-8-6-4-2)26(37)38-15-19-21(32)23(34)25(36)28(40-19)41-27-24(35)22(33)20(31)18(14-29)39-27/h16-25,27-36H,3-15H2,1-2H3/t16-,17-,18-,19-,20-,21-,22+,23+,24-,25-,27-,28-/m1/s1. The molecule has 41 heavy (non-hydrogen) atoms. The fourth-order valence-corrected chi connectivity index (χ4v) is 5.17. The first-order valence-corrected chi connectivity index (χ1v) is 15.1. The van der Waals surface area contributed by atoms with Crippen LogP contribution in [0.5, 0.6) is 0 Å². The molecule has 8 N–H and O–H groups in total. The van der Waals surface area contributed by atoms with Crippen LogP contribution in [-0.2, 0) is 23.7 Å². The van der Waals surface area contributed by atoms with E-state index < -0.39 is 92.6 Å². The first-order valence-electron chi connectivity index (χ1n) is 15.1. The van der Waals surface area contributed by atoms with E-state index in [0.717, 1.165) is 57.8 Å². The summed E-state index contributed by atoms with van der Waals surface area (Å²) in [4.78, 5) is 13.1. The number of aliphatic hydroxyl groups excluding tert-OH is 8. The summed E-state index contributed by atoms with van der Waals surface area (Å²) in [7, 11) is 0. The zero-order valence-corrected chi connectivity index (χ0v) is 24.2. The Hall–Kier alpha value is -0.970. The van der Waals surface area contributed by atoms with E-state index in [2.05, 4.69) is 13.8 Å². The van der Waals surface area contributed by atoms with Crippen molar-refractivity contribution in [2.75, 3.05) is 13.2 Å². The molecule has 2 aliphatic rings. The number of aliphatic hydroxyl groups is 8. The van der Waals surface area contributed by atoms with Crippen molar-refractivity contribution in [1.82, 2.24) is 0 Å². The van der Waals surface area contributed by atoms with Gasteiger partial charge in [-0.3, -0.25) is 4.79 Å². The predicted molar refractivity (Wildman–Crippen MR) is 144 cm³/mol. The summed E-state index contributed by atoms with van der Waals surface area (Å²) in [6.07, 6.45) is -7.73. The van der Waals surface area contributed by atoms with Crippen LogP contribution in [0.2, 0.25) is 0 Å². The molecule has 2 fully saturated rings. The molecule has 2 aliphatic heterocycles. The summed E-state index contributed by atoms with van der Waals surface area (Å²) in [5, 5.41) is 81.6. The van der Waals surface area contributed by atoms with Gasteiger partial charge in [0.15, 0.2) is 12.6 Å². The van der Waals surface area contributed by atoms with Crippen molar-refractivity contribution < 1.29 is 64.6 Å². The first kappa shape index (κ1) is 36.2. The second-order valence-corrected chi connectivity index (χ2v) is 11.2. The highest BCUT2D eigenvalue weighted by Gasteiger charge is 2.50. The molecular weight excluding hydrogens is 544 g/mol. The molecule has 12 atom stereocenters. The Bertz CT molecular complexity index is 725. The van der Waals surface area contributed by atoms with Crippen LogP contribution in [0.4, 0.5) is 0 Å². The molecule has 0 aliphatic carbocycles. The van der Waals surface area contributed by atoms with Crippen molar-refractivity contribution in [2.24, 2.45) is 5.92 Å². The monoisotopic (exact) mass is 596 g/mol. The lowest BCUT2D eigenvalue weighted by Gasteiger charge is -2.44. The van der Waals surface area contributed by atoms with E-state index >= 15 is 0 Å². The third kappa shape index (κ3) is 10.6. The molecule has 2 saturated heterocycles. The topological polar surface area (TPSA) is 216 Å². The normalized spacial score (nSPS) is 35.7. The van der Waals surface area contributed by atoms with Crippen LogP contribution in [0, 0.1) is 5.92 Å². The van der Waals surface area contributed by atoms with Gasteiger partial charge in [0.25, 0.3) is 0 Å². The molecule has 2 rings (SSSR count). The SMILES string of the molecule is CCCCCCC[C@@H](O)[C@@H](CCCCCC)C(=O)OC[C@H]1O[C@H](O[C@H]2O[C@H](CO)[C@@H](O)[C@H](O)[C@H]2O)[C@H](O)[C@@H](O)[C@@H]1O. The van der Waals surface area contributed by atoms with E-state index in [0.29, 0.717) is 12.8 Å². The highest BCUT2D eigenvalue weighted by Crippen LogP contribution is 2.29.